The average molecular weight is 322 g/mol. The van der Waals surface area contributed by atoms with Crippen molar-refractivity contribution in [1.82, 2.24) is 9.80 Å². The third kappa shape index (κ3) is 3.12. The van der Waals surface area contributed by atoms with E-state index in [1.54, 1.807) is 0 Å². The van der Waals surface area contributed by atoms with Crippen molar-refractivity contribution in [3.05, 3.63) is 71.8 Å². The molecule has 2 aromatic carbocycles. The summed E-state index contributed by atoms with van der Waals surface area (Å²) in [5.41, 5.74) is 2.77. The van der Waals surface area contributed by atoms with Crippen LogP contribution in [0.5, 0.6) is 0 Å². The van der Waals surface area contributed by atoms with Crippen LogP contribution in [0.4, 0.5) is 0 Å². The molecule has 2 fully saturated rings. The van der Waals surface area contributed by atoms with Gasteiger partial charge in [-0.3, -0.25) is 9.80 Å². The van der Waals surface area contributed by atoms with Crippen LogP contribution in [-0.2, 0) is 6.54 Å². The van der Waals surface area contributed by atoms with E-state index in [0.29, 0.717) is 17.9 Å². The van der Waals surface area contributed by atoms with Gasteiger partial charge in [0.2, 0.25) is 0 Å². The highest BCUT2D eigenvalue weighted by atomic mass is 16.3. The third-order valence-corrected chi connectivity index (χ3v) is 5.68. The molecule has 0 bridgehead atoms. The molecular formula is C21H26N2O. The first-order chi connectivity index (χ1) is 11.8. The number of fused-ring (bicyclic) bond motifs is 1. The van der Waals surface area contributed by atoms with E-state index < -0.39 is 0 Å². The zero-order chi connectivity index (χ0) is 16.4. The molecule has 2 aliphatic rings. The summed E-state index contributed by atoms with van der Waals surface area (Å²) in [6.07, 6.45) is 0. The average Bonchev–Trinajstić information content (AvgIpc) is 3.01. The van der Waals surface area contributed by atoms with E-state index >= 15 is 0 Å². The Morgan fingerprint density at radius 1 is 0.875 bits per heavy atom. The molecule has 0 amide bonds. The minimum atomic E-state index is 0.283. The first-order valence-electron chi connectivity index (χ1n) is 9.01. The molecule has 1 N–H and O–H groups in total. The molecule has 0 spiro atoms. The van der Waals surface area contributed by atoms with Crippen molar-refractivity contribution < 1.29 is 5.11 Å². The summed E-state index contributed by atoms with van der Waals surface area (Å²) in [4.78, 5) is 5.17. The molecule has 2 aliphatic heterocycles. The van der Waals surface area contributed by atoms with Crippen LogP contribution in [-0.4, -0.2) is 53.7 Å². The lowest BCUT2D eigenvalue weighted by molar-refractivity contribution is 0.0932. The molecule has 2 heterocycles. The van der Waals surface area contributed by atoms with Gasteiger partial charge in [0.15, 0.2) is 0 Å². The second-order valence-electron chi connectivity index (χ2n) is 7.16. The van der Waals surface area contributed by atoms with Gasteiger partial charge in [-0.25, -0.2) is 0 Å². The van der Waals surface area contributed by atoms with Gasteiger partial charge in [0, 0.05) is 57.2 Å². The lowest BCUT2D eigenvalue weighted by Gasteiger charge is -2.39. The maximum absolute atomic E-state index is 9.91. The molecule has 126 valence electrons. The molecular weight excluding hydrogens is 296 g/mol. The van der Waals surface area contributed by atoms with Gasteiger partial charge in [-0.1, -0.05) is 60.7 Å². The van der Waals surface area contributed by atoms with Crippen molar-refractivity contribution in [2.24, 2.45) is 5.92 Å². The van der Waals surface area contributed by atoms with Crippen molar-refractivity contribution in [2.75, 3.05) is 32.8 Å². The Morgan fingerprint density at radius 3 is 2.29 bits per heavy atom. The highest BCUT2D eigenvalue weighted by molar-refractivity contribution is 5.25. The quantitative estimate of drug-likeness (QED) is 0.937. The highest BCUT2D eigenvalue weighted by Gasteiger charge is 2.44. The van der Waals surface area contributed by atoms with Gasteiger partial charge in [0.05, 0.1) is 0 Å². The van der Waals surface area contributed by atoms with E-state index in [9.17, 15) is 5.11 Å². The van der Waals surface area contributed by atoms with E-state index in [2.05, 4.69) is 70.5 Å². The van der Waals surface area contributed by atoms with Crippen LogP contribution in [0.15, 0.2) is 60.7 Å². The fourth-order valence-corrected chi connectivity index (χ4v) is 4.53. The van der Waals surface area contributed by atoms with Crippen molar-refractivity contribution in [3.63, 3.8) is 0 Å². The third-order valence-electron chi connectivity index (χ3n) is 5.68. The molecule has 24 heavy (non-hydrogen) atoms. The van der Waals surface area contributed by atoms with E-state index in [4.69, 9.17) is 0 Å². The molecule has 2 saturated heterocycles. The number of aliphatic hydroxyl groups is 1. The first kappa shape index (κ1) is 15.8. The van der Waals surface area contributed by atoms with Crippen molar-refractivity contribution >= 4 is 0 Å². The van der Waals surface area contributed by atoms with Crippen LogP contribution in [0.1, 0.15) is 17.0 Å². The molecule has 3 heteroatoms. The van der Waals surface area contributed by atoms with Gasteiger partial charge in [0.1, 0.15) is 0 Å². The Hall–Kier alpha value is -1.68. The molecule has 2 aromatic rings. The minimum absolute atomic E-state index is 0.283. The summed E-state index contributed by atoms with van der Waals surface area (Å²) in [5, 5.41) is 9.91. The smallest absolute Gasteiger partial charge is 0.0477 e. The van der Waals surface area contributed by atoms with Crippen molar-refractivity contribution in [2.45, 2.75) is 18.5 Å². The Labute approximate surface area is 144 Å². The fourth-order valence-electron chi connectivity index (χ4n) is 4.53. The van der Waals surface area contributed by atoms with Gasteiger partial charge in [0.25, 0.3) is 0 Å². The van der Waals surface area contributed by atoms with Crippen molar-refractivity contribution in [3.8, 4) is 0 Å². The van der Waals surface area contributed by atoms with Gasteiger partial charge < -0.3 is 5.11 Å². The number of nitrogens with zero attached hydrogens (tertiary/aromatic N) is 2. The summed E-state index contributed by atoms with van der Waals surface area (Å²) < 4.78 is 0. The van der Waals surface area contributed by atoms with Gasteiger partial charge in [-0.2, -0.15) is 0 Å². The molecule has 0 saturated carbocycles. The predicted molar refractivity (Wildman–Crippen MR) is 96.8 cm³/mol. The second kappa shape index (κ2) is 7.06. The van der Waals surface area contributed by atoms with Crippen LogP contribution in [0.25, 0.3) is 0 Å². The zero-order valence-corrected chi connectivity index (χ0v) is 14.1. The molecule has 0 radical (unpaired) electrons. The summed E-state index contributed by atoms with van der Waals surface area (Å²) in [7, 11) is 0. The Kier molecular flexibility index (Phi) is 4.65. The maximum Gasteiger partial charge on any atom is 0.0477 e. The molecule has 3 nitrogen and oxygen atoms in total. The van der Waals surface area contributed by atoms with Gasteiger partial charge >= 0.3 is 0 Å². The topological polar surface area (TPSA) is 26.7 Å². The monoisotopic (exact) mass is 322 g/mol. The van der Waals surface area contributed by atoms with Crippen LogP contribution >= 0.6 is 0 Å². The fraction of sp³-hybridized carbons (Fsp3) is 0.429. The van der Waals surface area contributed by atoms with Crippen molar-refractivity contribution in [1.29, 1.82) is 0 Å². The summed E-state index contributed by atoms with van der Waals surface area (Å²) in [6, 6.07) is 22.0. The first-order valence-corrected chi connectivity index (χ1v) is 9.01. The minimum Gasteiger partial charge on any atom is -0.396 e. The lowest BCUT2D eigenvalue weighted by Crippen LogP contribution is -2.51. The standard InChI is InChI=1S/C21H26N2O/c24-16-19-14-23-12-11-22(13-17-7-3-1-4-8-17)15-20(23)21(19)18-9-5-2-6-10-18/h1-10,19-21,24H,11-16H2/t19-,20+,21-/m0/s1. The Bertz CT molecular complexity index is 645. The number of hydrogen-bond acceptors (Lipinski definition) is 3. The lowest BCUT2D eigenvalue weighted by atomic mass is 9.84. The normalized spacial score (nSPS) is 28.0. The largest absolute Gasteiger partial charge is 0.396 e. The molecule has 0 unspecified atom stereocenters. The van der Waals surface area contributed by atoms with Crippen LogP contribution < -0.4 is 0 Å². The Morgan fingerprint density at radius 2 is 1.58 bits per heavy atom. The number of benzene rings is 2. The van der Waals surface area contributed by atoms with E-state index in [-0.39, 0.29) is 6.61 Å². The molecule has 0 aromatic heterocycles. The van der Waals surface area contributed by atoms with Crippen LogP contribution in [0.2, 0.25) is 0 Å². The molecule has 0 aliphatic carbocycles. The highest BCUT2D eigenvalue weighted by Crippen LogP contribution is 2.39. The number of aliphatic hydroxyl groups excluding tert-OH is 1. The zero-order valence-electron chi connectivity index (χ0n) is 14.1. The van der Waals surface area contributed by atoms with Crippen LogP contribution in [0, 0.1) is 5.92 Å². The van der Waals surface area contributed by atoms with E-state index in [0.717, 1.165) is 32.7 Å². The Balaban J connectivity index is 1.53. The number of piperazine rings is 1. The number of hydrogen-bond donors (Lipinski definition) is 1. The summed E-state index contributed by atoms with van der Waals surface area (Å²) in [5.74, 6) is 0.795. The molecule has 3 atom stereocenters. The van der Waals surface area contributed by atoms with Gasteiger partial charge in [-0.05, 0) is 11.1 Å². The molecule has 4 rings (SSSR count). The second-order valence-corrected chi connectivity index (χ2v) is 7.16. The SMILES string of the molecule is OC[C@@H]1CN2CCN(Cc3ccccc3)C[C@@H]2[C@H]1c1ccccc1. The van der Waals surface area contributed by atoms with E-state index in [1.807, 2.05) is 0 Å². The van der Waals surface area contributed by atoms with Gasteiger partial charge in [-0.15, -0.1) is 0 Å². The number of rotatable bonds is 4. The predicted octanol–water partition coefficient (Wildman–Crippen LogP) is 2.58. The maximum atomic E-state index is 9.91. The van der Waals surface area contributed by atoms with Crippen LogP contribution in [0.3, 0.4) is 0 Å². The van der Waals surface area contributed by atoms with E-state index in [1.165, 1.54) is 11.1 Å². The summed E-state index contributed by atoms with van der Waals surface area (Å²) >= 11 is 0. The summed E-state index contributed by atoms with van der Waals surface area (Å²) in [6.45, 7) is 5.65.